The van der Waals surface area contributed by atoms with E-state index in [9.17, 15) is 0 Å². The number of aromatic nitrogens is 1. The van der Waals surface area contributed by atoms with Crippen LogP contribution in [0.4, 0.5) is 0 Å². The smallest absolute Gasteiger partial charge is 0.107 e. The zero-order valence-electron chi connectivity index (χ0n) is 11.6. The topological polar surface area (TPSA) is 48.1 Å². The van der Waals surface area contributed by atoms with Crippen LogP contribution in [-0.2, 0) is 17.9 Å². The third-order valence-electron chi connectivity index (χ3n) is 3.59. The van der Waals surface area contributed by atoms with Gasteiger partial charge < -0.3 is 10.5 Å². The van der Waals surface area contributed by atoms with Gasteiger partial charge in [0, 0.05) is 11.9 Å². The van der Waals surface area contributed by atoms with Crippen molar-refractivity contribution >= 4 is 11.3 Å². The summed E-state index contributed by atoms with van der Waals surface area (Å²) >= 11 is 1.62. The Bertz CT molecular complexity index is 389. The van der Waals surface area contributed by atoms with E-state index in [-0.39, 0.29) is 0 Å². The Morgan fingerprint density at radius 2 is 2.28 bits per heavy atom. The Morgan fingerprint density at radius 1 is 1.50 bits per heavy atom. The summed E-state index contributed by atoms with van der Waals surface area (Å²) in [6.07, 6.45) is 4.02. The van der Waals surface area contributed by atoms with Crippen LogP contribution >= 0.6 is 11.3 Å². The van der Waals surface area contributed by atoms with Crippen LogP contribution in [0.5, 0.6) is 0 Å². The first kappa shape index (κ1) is 14.0. The number of nitrogens with zero attached hydrogens (tertiary/aromatic N) is 1. The quantitative estimate of drug-likeness (QED) is 0.911. The molecule has 0 bridgehead atoms. The van der Waals surface area contributed by atoms with Gasteiger partial charge in [0.2, 0.25) is 0 Å². The number of hydrogen-bond acceptors (Lipinski definition) is 4. The lowest BCUT2D eigenvalue weighted by Gasteiger charge is -2.38. The van der Waals surface area contributed by atoms with Crippen molar-refractivity contribution in [3.05, 3.63) is 16.1 Å². The fourth-order valence-electron chi connectivity index (χ4n) is 3.10. The lowest BCUT2D eigenvalue weighted by Crippen LogP contribution is -2.32. The van der Waals surface area contributed by atoms with Gasteiger partial charge in [-0.3, -0.25) is 0 Å². The number of ether oxygens (including phenoxy) is 1. The molecule has 2 N–H and O–H groups in total. The van der Waals surface area contributed by atoms with Gasteiger partial charge in [0.05, 0.1) is 18.4 Å². The molecule has 4 heteroatoms. The van der Waals surface area contributed by atoms with Gasteiger partial charge in [-0.15, -0.1) is 11.3 Å². The predicted molar refractivity (Wildman–Crippen MR) is 75.4 cm³/mol. The molecule has 2 unspecified atom stereocenters. The minimum Gasteiger partial charge on any atom is -0.372 e. The van der Waals surface area contributed by atoms with Gasteiger partial charge in [-0.25, -0.2) is 4.98 Å². The Morgan fingerprint density at radius 3 is 2.89 bits per heavy atom. The summed E-state index contributed by atoms with van der Waals surface area (Å²) in [5.74, 6) is 0.758. The molecule has 1 aromatic heterocycles. The summed E-state index contributed by atoms with van der Waals surface area (Å²) in [5, 5.41) is 3.05. The van der Waals surface area contributed by atoms with Gasteiger partial charge in [-0.2, -0.15) is 0 Å². The van der Waals surface area contributed by atoms with Gasteiger partial charge >= 0.3 is 0 Å². The van der Waals surface area contributed by atoms with Crippen LogP contribution in [-0.4, -0.2) is 11.1 Å². The van der Waals surface area contributed by atoms with Gasteiger partial charge in [0.15, 0.2) is 0 Å². The normalized spacial score (nSPS) is 27.3. The highest BCUT2D eigenvalue weighted by Crippen LogP contribution is 2.39. The molecule has 1 aromatic rings. The standard InChI is InChI=1S/C14H24N2OS/c1-10-4-12(6-14(2,3)5-10)17-8-11-9-18-13(7-15)16-11/h9-10,12H,4-8,15H2,1-3H3. The van der Waals surface area contributed by atoms with E-state index in [2.05, 4.69) is 31.1 Å². The zero-order valence-corrected chi connectivity index (χ0v) is 12.4. The first-order valence-electron chi connectivity index (χ1n) is 6.73. The summed E-state index contributed by atoms with van der Waals surface area (Å²) in [6, 6.07) is 0. The van der Waals surface area contributed by atoms with Crippen LogP contribution in [0.25, 0.3) is 0 Å². The third kappa shape index (κ3) is 3.77. The van der Waals surface area contributed by atoms with E-state index >= 15 is 0 Å². The van der Waals surface area contributed by atoms with Gasteiger partial charge in [0.1, 0.15) is 5.01 Å². The van der Waals surface area contributed by atoms with Crippen LogP contribution in [0.15, 0.2) is 5.38 Å². The molecule has 0 spiro atoms. The van der Waals surface area contributed by atoms with Gasteiger partial charge in [-0.05, 0) is 30.6 Å². The maximum absolute atomic E-state index is 6.04. The van der Waals surface area contributed by atoms with Crippen LogP contribution < -0.4 is 5.73 Å². The van der Waals surface area contributed by atoms with Crippen molar-refractivity contribution < 1.29 is 4.74 Å². The highest BCUT2D eigenvalue weighted by atomic mass is 32.1. The van der Waals surface area contributed by atoms with Crippen molar-refractivity contribution in [3.8, 4) is 0 Å². The number of thiazole rings is 1. The highest BCUT2D eigenvalue weighted by Gasteiger charge is 2.32. The second kappa shape index (κ2) is 5.68. The fourth-order valence-corrected chi connectivity index (χ4v) is 3.76. The minimum absolute atomic E-state index is 0.381. The highest BCUT2D eigenvalue weighted by molar-refractivity contribution is 7.09. The van der Waals surface area contributed by atoms with Crippen molar-refractivity contribution in [1.29, 1.82) is 0 Å². The van der Waals surface area contributed by atoms with Crippen molar-refractivity contribution in [2.45, 2.75) is 59.3 Å². The van der Waals surface area contributed by atoms with E-state index in [0.717, 1.165) is 23.0 Å². The van der Waals surface area contributed by atoms with E-state index < -0.39 is 0 Å². The van der Waals surface area contributed by atoms with Crippen LogP contribution in [0.3, 0.4) is 0 Å². The molecule has 1 aliphatic rings. The monoisotopic (exact) mass is 268 g/mol. The summed E-state index contributed by atoms with van der Waals surface area (Å²) in [4.78, 5) is 4.44. The summed E-state index contributed by atoms with van der Waals surface area (Å²) in [5.41, 5.74) is 7.00. The molecular formula is C14H24N2OS. The molecule has 0 saturated heterocycles. The molecule has 18 heavy (non-hydrogen) atoms. The maximum atomic E-state index is 6.04. The summed E-state index contributed by atoms with van der Waals surface area (Å²) in [7, 11) is 0. The summed E-state index contributed by atoms with van der Waals surface area (Å²) < 4.78 is 6.04. The van der Waals surface area contributed by atoms with Crippen LogP contribution in [0.2, 0.25) is 0 Å². The van der Waals surface area contributed by atoms with Crippen molar-refractivity contribution in [2.75, 3.05) is 0 Å². The maximum Gasteiger partial charge on any atom is 0.107 e. The lowest BCUT2D eigenvalue weighted by atomic mass is 9.71. The molecular weight excluding hydrogens is 244 g/mol. The Hall–Kier alpha value is -0.450. The summed E-state index contributed by atoms with van der Waals surface area (Å²) in [6.45, 7) is 8.16. The Kier molecular flexibility index (Phi) is 4.41. The van der Waals surface area contributed by atoms with E-state index in [1.807, 2.05) is 0 Å². The fraction of sp³-hybridized carbons (Fsp3) is 0.786. The average Bonchev–Trinajstić information content (AvgIpc) is 2.71. The van der Waals surface area contributed by atoms with E-state index in [0.29, 0.717) is 24.7 Å². The molecule has 0 aliphatic heterocycles. The molecule has 0 amide bonds. The first-order chi connectivity index (χ1) is 8.48. The molecule has 102 valence electrons. The number of hydrogen-bond donors (Lipinski definition) is 1. The zero-order chi connectivity index (χ0) is 13.2. The molecule has 2 rings (SSSR count). The second-order valence-corrected chi connectivity index (χ2v) is 7.23. The van der Waals surface area contributed by atoms with Crippen molar-refractivity contribution in [1.82, 2.24) is 4.98 Å². The molecule has 1 saturated carbocycles. The van der Waals surface area contributed by atoms with Crippen molar-refractivity contribution in [2.24, 2.45) is 17.1 Å². The molecule has 1 heterocycles. The minimum atomic E-state index is 0.381. The van der Waals surface area contributed by atoms with Crippen molar-refractivity contribution in [3.63, 3.8) is 0 Å². The predicted octanol–water partition coefficient (Wildman–Crippen LogP) is 3.33. The number of nitrogens with two attached hydrogens (primary N) is 1. The molecule has 1 fully saturated rings. The van der Waals surface area contributed by atoms with Gasteiger partial charge in [0.25, 0.3) is 0 Å². The Labute approximate surface area is 114 Å². The average molecular weight is 268 g/mol. The first-order valence-corrected chi connectivity index (χ1v) is 7.61. The SMILES string of the molecule is CC1CC(OCc2csc(CN)n2)CC(C)(C)C1. The van der Waals surface area contributed by atoms with Crippen LogP contribution in [0, 0.1) is 11.3 Å². The van der Waals surface area contributed by atoms with E-state index in [1.165, 1.54) is 12.8 Å². The van der Waals surface area contributed by atoms with E-state index in [1.54, 1.807) is 11.3 Å². The van der Waals surface area contributed by atoms with E-state index in [4.69, 9.17) is 10.5 Å². The molecule has 1 aliphatic carbocycles. The number of rotatable bonds is 4. The van der Waals surface area contributed by atoms with Crippen LogP contribution in [0.1, 0.15) is 50.7 Å². The molecule has 0 aromatic carbocycles. The lowest BCUT2D eigenvalue weighted by molar-refractivity contribution is -0.0325. The largest absolute Gasteiger partial charge is 0.372 e. The second-order valence-electron chi connectivity index (χ2n) is 6.28. The molecule has 0 radical (unpaired) electrons. The Balaban J connectivity index is 1.86. The van der Waals surface area contributed by atoms with Gasteiger partial charge in [-0.1, -0.05) is 20.8 Å². The molecule has 2 atom stereocenters. The molecule has 3 nitrogen and oxygen atoms in total. The third-order valence-corrected chi connectivity index (χ3v) is 4.51.